The van der Waals surface area contributed by atoms with E-state index >= 15 is 0 Å². The normalized spacial score (nSPS) is 21.4. The molecule has 0 bridgehead atoms. The van der Waals surface area contributed by atoms with E-state index in [1.807, 2.05) is 23.5 Å². The van der Waals surface area contributed by atoms with Crippen molar-refractivity contribution in [3.63, 3.8) is 0 Å². The summed E-state index contributed by atoms with van der Waals surface area (Å²) >= 11 is 1.81. The standard InChI is InChI=1S/C20H28N2S/c1-2-3-4-15-5-9-17(10-6-15)19-14-23-20(22-19)13-16-7-11-18(21)12-8-16/h7-8,11-12,14-15,17H,2-6,9-10,13,21H2,1H3. The number of nitrogens with zero attached hydrogens (tertiary/aromatic N) is 1. The first-order valence-corrected chi connectivity index (χ1v) is 9.91. The number of hydrogen-bond acceptors (Lipinski definition) is 3. The van der Waals surface area contributed by atoms with Gasteiger partial charge in [0.05, 0.1) is 10.7 Å². The van der Waals surface area contributed by atoms with Crippen molar-refractivity contribution in [3.8, 4) is 0 Å². The lowest BCUT2D eigenvalue weighted by Gasteiger charge is -2.27. The van der Waals surface area contributed by atoms with Gasteiger partial charge in [0.1, 0.15) is 0 Å². The van der Waals surface area contributed by atoms with Crippen molar-refractivity contribution in [1.82, 2.24) is 4.98 Å². The van der Waals surface area contributed by atoms with E-state index in [4.69, 9.17) is 10.7 Å². The number of hydrogen-bond donors (Lipinski definition) is 1. The van der Waals surface area contributed by atoms with Crippen LogP contribution in [-0.2, 0) is 6.42 Å². The fraction of sp³-hybridized carbons (Fsp3) is 0.550. The molecule has 0 spiro atoms. The summed E-state index contributed by atoms with van der Waals surface area (Å²) in [6.07, 6.45) is 10.6. The monoisotopic (exact) mass is 328 g/mol. The fourth-order valence-corrected chi connectivity index (χ4v) is 4.55. The van der Waals surface area contributed by atoms with Gasteiger partial charge in [-0.3, -0.25) is 0 Å². The first kappa shape index (κ1) is 16.5. The number of anilines is 1. The second-order valence-corrected chi connectivity index (χ2v) is 7.89. The van der Waals surface area contributed by atoms with Gasteiger partial charge >= 0.3 is 0 Å². The highest BCUT2D eigenvalue weighted by atomic mass is 32.1. The van der Waals surface area contributed by atoms with E-state index < -0.39 is 0 Å². The molecular formula is C20H28N2S. The Hall–Kier alpha value is -1.35. The van der Waals surface area contributed by atoms with Crippen molar-refractivity contribution in [2.75, 3.05) is 5.73 Å². The summed E-state index contributed by atoms with van der Waals surface area (Å²) in [6.45, 7) is 2.30. The van der Waals surface area contributed by atoms with Gasteiger partial charge in [-0.1, -0.05) is 38.3 Å². The predicted octanol–water partition coefficient (Wildman–Crippen LogP) is 5.78. The molecule has 1 aliphatic rings. The van der Waals surface area contributed by atoms with Gasteiger partial charge in [0.2, 0.25) is 0 Å². The minimum atomic E-state index is 0.698. The quantitative estimate of drug-likeness (QED) is 0.683. The van der Waals surface area contributed by atoms with Crippen molar-refractivity contribution in [2.45, 2.75) is 64.2 Å². The number of rotatable bonds is 6. The lowest BCUT2D eigenvalue weighted by atomic mass is 9.79. The molecule has 3 heteroatoms. The third-order valence-corrected chi connectivity index (χ3v) is 6.00. The second kappa shape index (κ2) is 7.96. The topological polar surface area (TPSA) is 38.9 Å². The lowest BCUT2D eigenvalue weighted by Crippen LogP contribution is -2.13. The third kappa shape index (κ3) is 4.57. The van der Waals surface area contributed by atoms with Gasteiger partial charge in [-0.2, -0.15) is 0 Å². The molecule has 0 saturated heterocycles. The molecule has 2 nitrogen and oxygen atoms in total. The van der Waals surface area contributed by atoms with E-state index in [0.717, 1.165) is 18.0 Å². The van der Waals surface area contributed by atoms with E-state index in [2.05, 4.69) is 24.4 Å². The molecule has 0 aliphatic heterocycles. The summed E-state index contributed by atoms with van der Waals surface area (Å²) in [4.78, 5) is 4.93. The summed E-state index contributed by atoms with van der Waals surface area (Å²) in [5.74, 6) is 1.67. The van der Waals surface area contributed by atoms with Crippen LogP contribution in [0.25, 0.3) is 0 Å². The Bertz CT molecular complexity index is 594. The predicted molar refractivity (Wildman–Crippen MR) is 100.0 cm³/mol. The Kier molecular flexibility index (Phi) is 5.71. The molecule has 1 aromatic heterocycles. The summed E-state index contributed by atoms with van der Waals surface area (Å²) in [5.41, 5.74) is 9.21. The Morgan fingerprint density at radius 1 is 1.13 bits per heavy atom. The molecule has 2 aromatic rings. The molecule has 3 rings (SSSR count). The highest BCUT2D eigenvalue weighted by Gasteiger charge is 2.23. The summed E-state index contributed by atoms with van der Waals surface area (Å²) < 4.78 is 0. The number of nitrogen functional groups attached to an aromatic ring is 1. The van der Waals surface area contributed by atoms with Crippen LogP contribution in [0.1, 0.15) is 74.1 Å². The largest absolute Gasteiger partial charge is 0.399 e. The highest BCUT2D eigenvalue weighted by molar-refractivity contribution is 7.09. The minimum Gasteiger partial charge on any atom is -0.399 e. The summed E-state index contributed by atoms with van der Waals surface area (Å²) in [6, 6.07) is 8.16. The first-order chi connectivity index (χ1) is 11.2. The molecule has 0 unspecified atom stereocenters. The number of thiazole rings is 1. The van der Waals surface area contributed by atoms with E-state index in [1.54, 1.807) is 0 Å². The zero-order chi connectivity index (χ0) is 16.1. The van der Waals surface area contributed by atoms with Crippen LogP contribution in [0.5, 0.6) is 0 Å². The van der Waals surface area contributed by atoms with Crippen molar-refractivity contribution >= 4 is 17.0 Å². The smallest absolute Gasteiger partial charge is 0.0972 e. The van der Waals surface area contributed by atoms with Crippen LogP contribution >= 0.6 is 11.3 Å². The van der Waals surface area contributed by atoms with Crippen molar-refractivity contribution in [1.29, 1.82) is 0 Å². The Balaban J connectivity index is 1.54. The SMILES string of the molecule is CCCCC1CCC(c2csc(Cc3ccc(N)cc3)n2)CC1. The molecule has 0 atom stereocenters. The van der Waals surface area contributed by atoms with E-state index in [9.17, 15) is 0 Å². The molecule has 124 valence electrons. The molecule has 0 radical (unpaired) electrons. The maximum atomic E-state index is 5.75. The van der Waals surface area contributed by atoms with Crippen LogP contribution < -0.4 is 5.73 Å². The van der Waals surface area contributed by atoms with Gasteiger partial charge in [-0.05, 0) is 49.3 Å². The molecule has 1 saturated carbocycles. The zero-order valence-corrected chi connectivity index (χ0v) is 14.9. The minimum absolute atomic E-state index is 0.698. The van der Waals surface area contributed by atoms with Crippen molar-refractivity contribution in [2.24, 2.45) is 5.92 Å². The van der Waals surface area contributed by atoms with E-state index in [-0.39, 0.29) is 0 Å². The molecule has 1 fully saturated rings. The van der Waals surface area contributed by atoms with Crippen LogP contribution in [0.2, 0.25) is 0 Å². The Morgan fingerprint density at radius 3 is 2.57 bits per heavy atom. The van der Waals surface area contributed by atoms with Crippen LogP contribution in [0, 0.1) is 5.92 Å². The first-order valence-electron chi connectivity index (χ1n) is 9.03. The third-order valence-electron chi connectivity index (χ3n) is 5.14. The number of benzene rings is 1. The Morgan fingerprint density at radius 2 is 1.87 bits per heavy atom. The molecule has 0 amide bonds. The van der Waals surface area contributed by atoms with Crippen LogP contribution in [0.15, 0.2) is 29.6 Å². The molecular weight excluding hydrogens is 300 g/mol. The summed E-state index contributed by atoms with van der Waals surface area (Å²) in [7, 11) is 0. The van der Waals surface area contributed by atoms with E-state index in [1.165, 1.54) is 61.2 Å². The number of unbranched alkanes of at least 4 members (excludes halogenated alkanes) is 1. The van der Waals surface area contributed by atoms with Crippen molar-refractivity contribution < 1.29 is 0 Å². The van der Waals surface area contributed by atoms with Gasteiger partial charge in [-0.25, -0.2) is 4.98 Å². The molecule has 1 heterocycles. The second-order valence-electron chi connectivity index (χ2n) is 6.94. The number of aromatic nitrogens is 1. The number of nitrogens with two attached hydrogens (primary N) is 1. The van der Waals surface area contributed by atoms with Gasteiger partial charge < -0.3 is 5.73 Å². The van der Waals surface area contributed by atoms with Crippen molar-refractivity contribution in [3.05, 3.63) is 45.9 Å². The fourth-order valence-electron chi connectivity index (χ4n) is 3.64. The van der Waals surface area contributed by atoms with Crippen LogP contribution in [0.3, 0.4) is 0 Å². The van der Waals surface area contributed by atoms with Gasteiger partial charge in [0, 0.05) is 23.4 Å². The zero-order valence-electron chi connectivity index (χ0n) is 14.1. The van der Waals surface area contributed by atoms with Gasteiger partial charge in [0.25, 0.3) is 0 Å². The van der Waals surface area contributed by atoms with Gasteiger partial charge in [-0.15, -0.1) is 11.3 Å². The van der Waals surface area contributed by atoms with Crippen LogP contribution in [0.4, 0.5) is 5.69 Å². The maximum Gasteiger partial charge on any atom is 0.0972 e. The lowest BCUT2D eigenvalue weighted by molar-refractivity contribution is 0.302. The molecule has 1 aliphatic carbocycles. The van der Waals surface area contributed by atoms with Gasteiger partial charge in [0.15, 0.2) is 0 Å². The maximum absolute atomic E-state index is 5.75. The summed E-state index contributed by atoms with van der Waals surface area (Å²) in [5, 5.41) is 3.53. The average Bonchev–Trinajstić information content (AvgIpc) is 3.04. The van der Waals surface area contributed by atoms with Crippen LogP contribution in [-0.4, -0.2) is 4.98 Å². The highest BCUT2D eigenvalue weighted by Crippen LogP contribution is 2.38. The molecule has 23 heavy (non-hydrogen) atoms. The Labute approximate surface area is 144 Å². The molecule has 2 N–H and O–H groups in total. The average molecular weight is 329 g/mol. The van der Waals surface area contributed by atoms with E-state index in [0.29, 0.717) is 5.92 Å². The molecule has 1 aromatic carbocycles.